The number of ether oxygens (including phenoxy) is 1. The van der Waals surface area contributed by atoms with Gasteiger partial charge in [-0.25, -0.2) is 0 Å². The predicted molar refractivity (Wildman–Crippen MR) is 52.0 cm³/mol. The first kappa shape index (κ1) is 13.1. The Morgan fingerprint density at radius 3 is 2.00 bits per heavy atom. The lowest BCUT2D eigenvalue weighted by Gasteiger charge is -2.24. The first-order valence-corrected chi connectivity index (χ1v) is 6.48. The third kappa shape index (κ3) is 5.42. The molecule has 0 aliphatic heterocycles. The summed E-state index contributed by atoms with van der Waals surface area (Å²) in [5.74, 6) is 0. The van der Waals surface area contributed by atoms with Crippen LogP contribution >= 0.6 is 7.60 Å². The van der Waals surface area contributed by atoms with E-state index >= 15 is 0 Å². The Kier molecular flexibility index (Phi) is 5.81. The molecule has 0 fully saturated rings. The lowest BCUT2D eigenvalue weighted by atomic mass is 10.1. The van der Waals surface area contributed by atoms with Crippen LogP contribution in [0, 0.1) is 0 Å². The maximum absolute atomic E-state index is 11.0. The van der Waals surface area contributed by atoms with E-state index < -0.39 is 7.60 Å². The molecule has 0 radical (unpaired) electrons. The van der Waals surface area contributed by atoms with E-state index in [4.69, 9.17) is 14.2 Å². The van der Waals surface area contributed by atoms with Crippen LogP contribution in [-0.2, 0) is 13.8 Å². The first-order chi connectivity index (χ1) is 5.94. The molecule has 0 aromatic carbocycles. The van der Waals surface area contributed by atoms with Crippen LogP contribution in [0.3, 0.4) is 0 Å². The summed E-state index contributed by atoms with van der Waals surface area (Å²) in [6.07, 6.45) is 1.04. The van der Waals surface area contributed by atoms with E-state index in [2.05, 4.69) is 0 Å². The van der Waals surface area contributed by atoms with E-state index in [0.29, 0.717) is 6.42 Å². The van der Waals surface area contributed by atoms with E-state index in [1.54, 1.807) is 7.11 Å². The molecule has 0 amide bonds. The maximum Gasteiger partial charge on any atom is 0.325 e. The van der Waals surface area contributed by atoms with Crippen LogP contribution in [0.15, 0.2) is 0 Å². The molecular weight excluding hydrogens is 191 g/mol. The second kappa shape index (κ2) is 5.76. The summed E-state index contributed by atoms with van der Waals surface area (Å²) < 4.78 is 21.2. The normalized spacial score (nSPS) is 20.7. The van der Waals surface area contributed by atoms with Gasteiger partial charge in [0, 0.05) is 13.8 Å². The fourth-order valence-corrected chi connectivity index (χ4v) is 2.03. The van der Waals surface area contributed by atoms with Crippen molar-refractivity contribution in [3.63, 3.8) is 0 Å². The Morgan fingerprint density at radius 1 is 1.31 bits per heavy atom. The Morgan fingerprint density at radius 2 is 1.77 bits per heavy atom. The number of hydrogen-bond donors (Lipinski definition) is 1. The standard InChI is InChI=1S/C8H19O4P/c1-5-7(11-3)8(6-2)12-13(4,9)10/h7-8H,5-6H2,1-4H3,(H,9,10). The van der Waals surface area contributed by atoms with E-state index in [-0.39, 0.29) is 12.2 Å². The van der Waals surface area contributed by atoms with Gasteiger partial charge >= 0.3 is 7.60 Å². The lowest BCUT2D eigenvalue weighted by Crippen LogP contribution is -2.28. The van der Waals surface area contributed by atoms with Gasteiger partial charge in [-0.3, -0.25) is 4.57 Å². The second-order valence-corrected chi connectivity index (χ2v) is 4.85. The van der Waals surface area contributed by atoms with Crippen molar-refractivity contribution < 1.29 is 18.7 Å². The van der Waals surface area contributed by atoms with Crippen LogP contribution in [0.4, 0.5) is 0 Å². The minimum absolute atomic E-state index is 0.106. The van der Waals surface area contributed by atoms with Crippen molar-refractivity contribution in [3.8, 4) is 0 Å². The molecule has 0 heterocycles. The Balaban J connectivity index is 4.24. The molecule has 13 heavy (non-hydrogen) atoms. The highest BCUT2D eigenvalue weighted by Crippen LogP contribution is 2.40. The first-order valence-electron chi connectivity index (χ1n) is 4.46. The molecule has 3 unspecified atom stereocenters. The molecule has 0 spiro atoms. The van der Waals surface area contributed by atoms with Crippen LogP contribution < -0.4 is 0 Å². The van der Waals surface area contributed by atoms with Gasteiger partial charge in [0.25, 0.3) is 0 Å². The molecule has 3 atom stereocenters. The van der Waals surface area contributed by atoms with Gasteiger partial charge < -0.3 is 14.2 Å². The van der Waals surface area contributed by atoms with E-state index in [9.17, 15) is 4.57 Å². The van der Waals surface area contributed by atoms with Crippen molar-refractivity contribution in [2.45, 2.75) is 38.9 Å². The summed E-state index contributed by atoms with van der Waals surface area (Å²) >= 11 is 0. The van der Waals surface area contributed by atoms with E-state index in [1.165, 1.54) is 6.66 Å². The molecular formula is C8H19O4P. The fourth-order valence-electron chi connectivity index (χ4n) is 1.24. The average Bonchev–Trinajstić information content (AvgIpc) is 2.02. The SMILES string of the molecule is CCC(OC)C(CC)OP(C)(=O)O. The van der Waals surface area contributed by atoms with Crippen LogP contribution in [0.2, 0.25) is 0 Å². The van der Waals surface area contributed by atoms with Gasteiger partial charge in [-0.15, -0.1) is 0 Å². The molecule has 5 heteroatoms. The average molecular weight is 210 g/mol. The zero-order valence-corrected chi connectivity index (χ0v) is 9.58. The van der Waals surface area contributed by atoms with Crippen molar-refractivity contribution >= 4 is 7.60 Å². The largest absolute Gasteiger partial charge is 0.379 e. The summed E-state index contributed by atoms with van der Waals surface area (Å²) in [6.45, 7) is 5.05. The molecule has 0 saturated carbocycles. The van der Waals surface area contributed by atoms with Crippen molar-refractivity contribution in [1.82, 2.24) is 0 Å². The molecule has 80 valence electrons. The summed E-state index contributed by atoms with van der Waals surface area (Å²) in [5, 5.41) is 0. The third-order valence-corrected chi connectivity index (χ3v) is 2.52. The van der Waals surface area contributed by atoms with Gasteiger partial charge in [0.05, 0.1) is 12.2 Å². The van der Waals surface area contributed by atoms with Gasteiger partial charge in [-0.2, -0.15) is 0 Å². The summed E-state index contributed by atoms with van der Waals surface area (Å²) in [5.41, 5.74) is 0. The van der Waals surface area contributed by atoms with Crippen molar-refractivity contribution in [2.75, 3.05) is 13.8 Å². The summed E-state index contributed by atoms with van der Waals surface area (Å²) in [6, 6.07) is 0. The van der Waals surface area contributed by atoms with Crippen molar-refractivity contribution in [3.05, 3.63) is 0 Å². The predicted octanol–water partition coefficient (Wildman–Crippen LogP) is 2.02. The smallest absolute Gasteiger partial charge is 0.325 e. The molecule has 0 aliphatic rings. The second-order valence-electron chi connectivity index (χ2n) is 3.04. The van der Waals surface area contributed by atoms with E-state index in [0.717, 1.165) is 6.42 Å². The zero-order chi connectivity index (χ0) is 10.5. The zero-order valence-electron chi connectivity index (χ0n) is 8.69. The molecule has 0 bridgehead atoms. The van der Waals surface area contributed by atoms with Crippen molar-refractivity contribution in [2.24, 2.45) is 0 Å². The molecule has 1 N–H and O–H groups in total. The Hall–Kier alpha value is 0.110. The van der Waals surface area contributed by atoms with Crippen LogP contribution in [0.25, 0.3) is 0 Å². The van der Waals surface area contributed by atoms with Gasteiger partial charge in [0.2, 0.25) is 0 Å². The quantitative estimate of drug-likeness (QED) is 0.681. The highest BCUT2D eigenvalue weighted by molar-refractivity contribution is 7.51. The van der Waals surface area contributed by atoms with Gasteiger partial charge in [0.1, 0.15) is 0 Å². The number of rotatable bonds is 6. The van der Waals surface area contributed by atoms with Gasteiger partial charge in [-0.05, 0) is 12.8 Å². The fraction of sp³-hybridized carbons (Fsp3) is 1.00. The monoisotopic (exact) mass is 210 g/mol. The highest BCUT2D eigenvalue weighted by atomic mass is 31.2. The lowest BCUT2D eigenvalue weighted by molar-refractivity contribution is -0.00539. The molecule has 0 rings (SSSR count). The summed E-state index contributed by atoms with van der Waals surface area (Å²) in [7, 11) is -1.82. The minimum Gasteiger partial charge on any atom is -0.379 e. The van der Waals surface area contributed by atoms with Crippen LogP contribution in [-0.4, -0.2) is 30.9 Å². The Labute approximate surface area is 79.8 Å². The molecule has 0 aromatic rings. The molecule has 0 aliphatic carbocycles. The Bertz CT molecular complexity index is 173. The molecule has 0 aromatic heterocycles. The van der Waals surface area contributed by atoms with Crippen LogP contribution in [0.1, 0.15) is 26.7 Å². The van der Waals surface area contributed by atoms with E-state index in [1.807, 2.05) is 13.8 Å². The topological polar surface area (TPSA) is 55.8 Å². The van der Waals surface area contributed by atoms with Gasteiger partial charge in [-0.1, -0.05) is 13.8 Å². The number of methoxy groups -OCH3 is 1. The van der Waals surface area contributed by atoms with Crippen LogP contribution in [0.5, 0.6) is 0 Å². The highest BCUT2D eigenvalue weighted by Gasteiger charge is 2.24. The maximum atomic E-state index is 11.0. The third-order valence-electron chi connectivity index (χ3n) is 1.85. The van der Waals surface area contributed by atoms with Crippen molar-refractivity contribution in [1.29, 1.82) is 0 Å². The number of hydrogen-bond acceptors (Lipinski definition) is 3. The minimum atomic E-state index is -3.40. The molecule has 4 nitrogen and oxygen atoms in total. The molecule has 0 saturated heterocycles. The van der Waals surface area contributed by atoms with Gasteiger partial charge in [0.15, 0.2) is 0 Å². The summed E-state index contributed by atoms with van der Waals surface area (Å²) in [4.78, 5) is 9.04.